The topological polar surface area (TPSA) is 55.4 Å². The maximum atomic E-state index is 6.08. The maximum absolute atomic E-state index is 6.08. The molecule has 0 saturated heterocycles. The van der Waals surface area contributed by atoms with Crippen LogP contribution in [0.1, 0.15) is 132 Å². The molecule has 3 aliphatic heterocycles. The molecule has 0 spiro atoms. The summed E-state index contributed by atoms with van der Waals surface area (Å²) in [6, 6.07) is 32.7. The lowest BCUT2D eigenvalue weighted by Gasteiger charge is -2.35. The van der Waals surface area contributed by atoms with Gasteiger partial charge >= 0.3 is 0 Å². The van der Waals surface area contributed by atoms with Crippen molar-refractivity contribution in [2.24, 2.45) is 28.1 Å². The maximum Gasteiger partial charge on any atom is 0.162 e. The number of ether oxygens (including phenoxy) is 6. The van der Waals surface area contributed by atoms with Crippen molar-refractivity contribution in [1.29, 1.82) is 0 Å². The molecule has 0 amide bonds. The lowest BCUT2D eigenvalue weighted by Crippen LogP contribution is -2.39. The molecule has 346 valence electrons. The molecule has 0 aliphatic carbocycles. The van der Waals surface area contributed by atoms with Gasteiger partial charge in [0.05, 0.1) is 26.4 Å². The molecule has 1 atom stereocenters. The second kappa shape index (κ2) is 27.5. The normalized spacial score (nSPS) is 15.2. The van der Waals surface area contributed by atoms with Gasteiger partial charge in [-0.25, -0.2) is 0 Å². The fourth-order valence-electron chi connectivity index (χ4n) is 6.15. The largest absolute Gasteiger partial charge is 0.489 e. The molecule has 0 N–H and O–H groups in total. The van der Waals surface area contributed by atoms with Gasteiger partial charge in [-0.05, 0) is 68.8 Å². The summed E-state index contributed by atoms with van der Waals surface area (Å²) in [5, 5.41) is 4.77. The van der Waals surface area contributed by atoms with Crippen LogP contribution in [-0.4, -0.2) is 39.1 Å². The monoisotopic (exact) mass is 855 g/mol. The summed E-state index contributed by atoms with van der Waals surface area (Å²) in [6.45, 7) is 43.4. The summed E-state index contributed by atoms with van der Waals surface area (Å²) in [7, 11) is 0. The summed E-state index contributed by atoms with van der Waals surface area (Å²) in [5.74, 6) is 6.02. The Bertz CT molecular complexity index is 1890. The summed E-state index contributed by atoms with van der Waals surface area (Å²) < 4.78 is 35.4. The second-order valence-corrected chi connectivity index (χ2v) is 17.4. The number of fused-ring (bicyclic) bond motifs is 5. The van der Waals surface area contributed by atoms with Gasteiger partial charge in [-0.3, -0.25) is 0 Å². The molecule has 0 saturated carbocycles. The number of benzene rings is 5. The van der Waals surface area contributed by atoms with Crippen molar-refractivity contribution in [2.45, 2.75) is 138 Å². The molecule has 5 aromatic carbocycles. The number of hydrogen-bond donors (Lipinski definition) is 0. The Morgan fingerprint density at radius 2 is 0.581 bits per heavy atom. The summed E-state index contributed by atoms with van der Waals surface area (Å²) in [4.78, 5) is 0. The molecule has 0 bridgehead atoms. The van der Waals surface area contributed by atoms with Gasteiger partial charge in [0.2, 0.25) is 0 Å². The first-order chi connectivity index (χ1) is 29.6. The first-order valence-corrected chi connectivity index (χ1v) is 23.6. The van der Waals surface area contributed by atoms with Crippen molar-refractivity contribution in [3.05, 3.63) is 97.1 Å². The van der Waals surface area contributed by atoms with Gasteiger partial charge in [-0.2, -0.15) is 0 Å². The van der Waals surface area contributed by atoms with E-state index in [1.165, 1.54) is 21.5 Å². The van der Waals surface area contributed by atoms with Crippen molar-refractivity contribution < 1.29 is 28.4 Å². The van der Waals surface area contributed by atoms with Gasteiger partial charge in [0.15, 0.2) is 34.5 Å². The van der Waals surface area contributed by atoms with E-state index in [4.69, 9.17) is 28.4 Å². The molecule has 1 unspecified atom stereocenters. The van der Waals surface area contributed by atoms with E-state index in [0.29, 0.717) is 18.4 Å². The van der Waals surface area contributed by atoms with Gasteiger partial charge in [0.1, 0.15) is 12.7 Å². The zero-order valence-electron chi connectivity index (χ0n) is 42.5. The fourth-order valence-corrected chi connectivity index (χ4v) is 6.15. The van der Waals surface area contributed by atoms with E-state index in [2.05, 4.69) is 111 Å². The van der Waals surface area contributed by atoms with Crippen LogP contribution >= 0.6 is 0 Å². The van der Waals surface area contributed by atoms with Crippen LogP contribution in [0.5, 0.6) is 34.5 Å². The third-order valence-electron chi connectivity index (χ3n) is 10.3. The summed E-state index contributed by atoms with van der Waals surface area (Å²) >= 11 is 0. The Balaban J connectivity index is 0.000000424. The third-order valence-corrected chi connectivity index (χ3v) is 10.3. The second-order valence-electron chi connectivity index (χ2n) is 17.4. The van der Waals surface area contributed by atoms with Crippen LogP contribution in [0, 0.1) is 28.1 Å². The molecule has 5 aromatic rings. The van der Waals surface area contributed by atoms with Crippen LogP contribution in [0.4, 0.5) is 0 Å². The molecular weight excluding hydrogens is 769 g/mol. The predicted octanol–water partition coefficient (Wildman–Crippen LogP) is 16.6. The molecule has 62 heavy (non-hydrogen) atoms. The molecule has 3 aliphatic rings. The number of para-hydroxylation sites is 2. The summed E-state index contributed by atoms with van der Waals surface area (Å²) in [6.07, 6.45) is 0.103. The third kappa shape index (κ3) is 16.6. The zero-order valence-corrected chi connectivity index (χ0v) is 42.5. The first-order valence-electron chi connectivity index (χ1n) is 23.6. The van der Waals surface area contributed by atoms with Crippen LogP contribution < -0.4 is 28.4 Å². The highest BCUT2D eigenvalue weighted by Gasteiger charge is 2.32. The van der Waals surface area contributed by atoms with E-state index >= 15 is 0 Å². The summed E-state index contributed by atoms with van der Waals surface area (Å²) in [5.41, 5.74) is 0.507. The van der Waals surface area contributed by atoms with Crippen molar-refractivity contribution in [1.82, 2.24) is 0 Å². The van der Waals surface area contributed by atoms with Crippen molar-refractivity contribution in [2.75, 3.05) is 33.0 Å². The Morgan fingerprint density at radius 3 is 0.887 bits per heavy atom. The highest BCUT2D eigenvalue weighted by atomic mass is 16.6. The van der Waals surface area contributed by atoms with E-state index in [0.717, 1.165) is 60.9 Å². The standard InChI is InChI=1S/C17H20O2.C16H18O2.C13H18O2.5C2H6/c1-17(2,3)14-10-18-15-8-12-6-4-5-7-13(12)9-16(15)19-11-14;1-16(2,3)15-10-17-13-8-11-6-4-5-7-12(11)9-14(13)18-15;1-13(2,3)10-8-14-11-6-4-5-7-12(11)15-9-10;5*1-2/h4-9,14H,10-11H2,1-3H3;4-9,15H,10H2,1-3H3;4-7,10H,8-9H2,1-3H3;5*1-2H3. The minimum Gasteiger partial charge on any atom is -0.489 e. The van der Waals surface area contributed by atoms with E-state index in [9.17, 15) is 0 Å². The van der Waals surface area contributed by atoms with Crippen LogP contribution in [0.15, 0.2) is 97.1 Å². The molecular formula is C56H86O6. The van der Waals surface area contributed by atoms with Gasteiger partial charge in [0, 0.05) is 17.3 Å². The van der Waals surface area contributed by atoms with Crippen LogP contribution in [-0.2, 0) is 0 Å². The molecule has 6 nitrogen and oxygen atoms in total. The van der Waals surface area contributed by atoms with Crippen LogP contribution in [0.2, 0.25) is 0 Å². The lowest BCUT2D eigenvalue weighted by atomic mass is 9.82. The van der Waals surface area contributed by atoms with Gasteiger partial charge in [-0.1, -0.05) is 192 Å². The van der Waals surface area contributed by atoms with Gasteiger partial charge < -0.3 is 28.4 Å². The SMILES string of the molecule is CC.CC.CC.CC.CC.CC(C)(C)C1COc2cc3ccccc3cc2O1.CC(C)(C)C1COc2cc3ccccc3cc2OC1.CC(C)(C)C1COc2ccccc2OC1. The van der Waals surface area contributed by atoms with Crippen molar-refractivity contribution >= 4 is 21.5 Å². The van der Waals surface area contributed by atoms with E-state index in [1.54, 1.807) is 0 Å². The predicted molar refractivity (Wildman–Crippen MR) is 268 cm³/mol. The average molecular weight is 855 g/mol. The molecule has 8 rings (SSSR count). The Kier molecular flexibility index (Phi) is 24.6. The average Bonchev–Trinajstić information content (AvgIpc) is 3.65. The highest BCUT2D eigenvalue weighted by molar-refractivity contribution is 5.87. The molecule has 0 aromatic heterocycles. The zero-order chi connectivity index (χ0) is 47.1. The molecule has 0 fully saturated rings. The minimum absolute atomic E-state index is 0.0866. The quantitative estimate of drug-likeness (QED) is 0.155. The Hall–Kier alpha value is -4.58. The number of hydrogen-bond acceptors (Lipinski definition) is 6. The van der Waals surface area contributed by atoms with E-state index in [-0.39, 0.29) is 22.3 Å². The fraction of sp³-hybridized carbons (Fsp3) is 0.536. The van der Waals surface area contributed by atoms with Crippen molar-refractivity contribution in [3.8, 4) is 34.5 Å². The van der Waals surface area contributed by atoms with E-state index in [1.807, 2.05) is 118 Å². The Morgan fingerprint density at radius 1 is 0.323 bits per heavy atom. The highest BCUT2D eigenvalue weighted by Crippen LogP contribution is 2.40. The van der Waals surface area contributed by atoms with Gasteiger partial charge in [0.25, 0.3) is 0 Å². The van der Waals surface area contributed by atoms with E-state index < -0.39 is 0 Å². The van der Waals surface area contributed by atoms with Gasteiger partial charge in [-0.15, -0.1) is 0 Å². The lowest BCUT2D eigenvalue weighted by molar-refractivity contribution is 0.0166. The number of rotatable bonds is 0. The minimum atomic E-state index is 0.0866. The van der Waals surface area contributed by atoms with Crippen LogP contribution in [0.3, 0.4) is 0 Å². The Labute approximate surface area is 379 Å². The van der Waals surface area contributed by atoms with Crippen molar-refractivity contribution in [3.63, 3.8) is 0 Å². The smallest absolute Gasteiger partial charge is 0.162 e. The molecule has 0 radical (unpaired) electrons. The molecule has 3 heterocycles. The van der Waals surface area contributed by atoms with Crippen LogP contribution in [0.25, 0.3) is 21.5 Å². The first kappa shape index (κ1) is 55.4. The molecule has 6 heteroatoms.